The summed E-state index contributed by atoms with van der Waals surface area (Å²) in [6.45, 7) is 5.71. The Kier molecular flexibility index (Phi) is 12.9. The monoisotopic (exact) mass is 723 g/mol. The molecule has 3 aromatic rings. The molecule has 264 valence electrons. The van der Waals surface area contributed by atoms with Crippen LogP contribution in [0.25, 0.3) is 0 Å². The van der Waals surface area contributed by atoms with Gasteiger partial charge >= 0.3 is 0 Å². The molecule has 1 aliphatic heterocycles. The van der Waals surface area contributed by atoms with Crippen molar-refractivity contribution in [2.45, 2.75) is 67.4 Å². The van der Waals surface area contributed by atoms with E-state index in [0.29, 0.717) is 25.2 Å². The molecule has 0 saturated heterocycles. The van der Waals surface area contributed by atoms with Crippen LogP contribution in [0, 0.1) is 5.92 Å². The number of likely N-dealkylation sites (N-methyl/N-ethyl adjacent to an activating group) is 1. The van der Waals surface area contributed by atoms with Crippen LogP contribution in [0.1, 0.15) is 50.4 Å². The van der Waals surface area contributed by atoms with Crippen molar-refractivity contribution in [3.05, 3.63) is 65.5 Å². The number of fused-ring (bicyclic) bond motifs is 1. The van der Waals surface area contributed by atoms with Gasteiger partial charge in [-0.2, -0.15) is 4.31 Å². The molecule has 2 N–H and O–H groups in total. The summed E-state index contributed by atoms with van der Waals surface area (Å²) in [5.41, 5.74) is 0.276. The quantitative estimate of drug-likeness (QED) is 0.304. The van der Waals surface area contributed by atoms with Crippen molar-refractivity contribution in [2.75, 3.05) is 45.2 Å². The summed E-state index contributed by atoms with van der Waals surface area (Å²) in [5.74, 6) is -0.0411. The second kappa shape index (κ2) is 16.5. The van der Waals surface area contributed by atoms with Gasteiger partial charge in [0.2, 0.25) is 0 Å². The van der Waals surface area contributed by atoms with Gasteiger partial charge in [0.15, 0.2) is 0 Å². The molecule has 1 aromatic heterocycles. The SMILES string of the molecule is COc1ccc(S(=O)(=O)Nc2ccc3c(c2)C(=O)N([C@H](C)CO)C[C@@H](C)[C@H](CN(C)S(=O)(=O)c2cccs2)OCCCC[C@@H](C)O3)cc1. The third-order valence-electron chi connectivity index (χ3n) is 8.27. The van der Waals surface area contributed by atoms with Crippen molar-refractivity contribution in [3.63, 3.8) is 0 Å². The van der Waals surface area contributed by atoms with E-state index in [0.717, 1.165) is 17.8 Å². The molecule has 0 bridgehead atoms. The first-order valence-electron chi connectivity index (χ1n) is 15.8. The molecule has 0 spiro atoms. The number of methoxy groups -OCH3 is 1. The molecular formula is C33H45N3O9S3. The number of ether oxygens (including phenoxy) is 3. The van der Waals surface area contributed by atoms with Crippen LogP contribution >= 0.6 is 11.3 Å². The number of carbonyl (C=O) groups is 1. The molecule has 0 radical (unpaired) electrons. The van der Waals surface area contributed by atoms with Crippen LogP contribution in [0.2, 0.25) is 0 Å². The van der Waals surface area contributed by atoms with Gasteiger partial charge in [-0.05, 0) is 87.0 Å². The van der Waals surface area contributed by atoms with Crippen LogP contribution in [0.3, 0.4) is 0 Å². The highest BCUT2D eigenvalue weighted by molar-refractivity contribution is 7.92. The van der Waals surface area contributed by atoms with Crippen molar-refractivity contribution in [1.29, 1.82) is 0 Å². The van der Waals surface area contributed by atoms with Crippen LogP contribution in [-0.4, -0.2) is 95.8 Å². The van der Waals surface area contributed by atoms with E-state index in [2.05, 4.69) is 4.72 Å². The predicted octanol–water partition coefficient (Wildman–Crippen LogP) is 4.67. The summed E-state index contributed by atoms with van der Waals surface area (Å²) in [7, 11) is -4.76. The molecule has 0 fully saturated rings. The van der Waals surface area contributed by atoms with E-state index in [1.807, 2.05) is 13.8 Å². The van der Waals surface area contributed by atoms with Gasteiger partial charge < -0.3 is 24.2 Å². The summed E-state index contributed by atoms with van der Waals surface area (Å²) < 4.78 is 74.7. The number of amides is 1. The average Bonchev–Trinajstić information content (AvgIpc) is 3.62. The van der Waals surface area contributed by atoms with E-state index in [1.54, 1.807) is 48.7 Å². The molecule has 12 nitrogen and oxygen atoms in total. The number of aliphatic hydroxyl groups is 1. The second-order valence-corrected chi connectivity index (χ2v) is 16.9. The van der Waals surface area contributed by atoms with Crippen molar-refractivity contribution in [2.24, 2.45) is 5.92 Å². The summed E-state index contributed by atoms with van der Waals surface area (Å²) in [4.78, 5) is 15.9. The lowest BCUT2D eigenvalue weighted by molar-refractivity contribution is -0.00832. The van der Waals surface area contributed by atoms with E-state index in [-0.39, 0.29) is 57.8 Å². The minimum atomic E-state index is -4.01. The van der Waals surface area contributed by atoms with Crippen LogP contribution in [0.15, 0.2) is 69.1 Å². The van der Waals surface area contributed by atoms with Gasteiger partial charge in [-0.1, -0.05) is 13.0 Å². The molecule has 4 atom stereocenters. The zero-order valence-corrected chi connectivity index (χ0v) is 30.3. The lowest BCUT2D eigenvalue weighted by Gasteiger charge is -2.35. The van der Waals surface area contributed by atoms with Crippen molar-refractivity contribution in [1.82, 2.24) is 9.21 Å². The fraction of sp³-hybridized carbons (Fsp3) is 0.485. The zero-order chi connectivity index (χ0) is 35.1. The van der Waals surface area contributed by atoms with Crippen LogP contribution in [-0.2, 0) is 24.8 Å². The first-order chi connectivity index (χ1) is 22.8. The maximum absolute atomic E-state index is 14.4. The Morgan fingerprint density at radius 1 is 1.10 bits per heavy atom. The third-order valence-corrected chi connectivity index (χ3v) is 12.9. The van der Waals surface area contributed by atoms with Crippen molar-refractivity contribution < 1.29 is 40.9 Å². The number of hydrogen-bond donors (Lipinski definition) is 2. The van der Waals surface area contributed by atoms with Gasteiger partial charge in [0, 0.05) is 38.3 Å². The zero-order valence-electron chi connectivity index (χ0n) is 27.9. The summed E-state index contributed by atoms with van der Waals surface area (Å²) >= 11 is 1.14. The highest BCUT2D eigenvalue weighted by Gasteiger charge is 2.33. The molecule has 1 amide bonds. The number of nitrogens with zero attached hydrogens (tertiary/aromatic N) is 2. The number of aliphatic hydroxyl groups excluding tert-OH is 1. The van der Waals surface area contributed by atoms with Gasteiger partial charge in [0.05, 0.1) is 42.4 Å². The molecule has 0 saturated carbocycles. The Balaban J connectivity index is 1.67. The van der Waals surface area contributed by atoms with Gasteiger partial charge in [0.25, 0.3) is 26.0 Å². The summed E-state index contributed by atoms with van der Waals surface area (Å²) in [6, 6.07) is 13.1. The topological polar surface area (TPSA) is 152 Å². The largest absolute Gasteiger partial charge is 0.497 e. The smallest absolute Gasteiger partial charge is 0.261 e. The Bertz CT molecular complexity index is 1720. The van der Waals surface area contributed by atoms with Crippen LogP contribution < -0.4 is 14.2 Å². The number of rotatable bonds is 10. The van der Waals surface area contributed by atoms with Crippen molar-refractivity contribution >= 4 is 43.0 Å². The Labute approximate surface area is 287 Å². The Morgan fingerprint density at radius 3 is 2.48 bits per heavy atom. The Hall–Kier alpha value is -3.21. The first-order valence-corrected chi connectivity index (χ1v) is 19.6. The molecule has 0 unspecified atom stereocenters. The number of sulfonamides is 2. The van der Waals surface area contributed by atoms with Gasteiger partial charge in [-0.25, -0.2) is 16.8 Å². The fourth-order valence-electron chi connectivity index (χ4n) is 5.33. The average molecular weight is 724 g/mol. The molecule has 1 aliphatic rings. The number of hydrogen-bond acceptors (Lipinski definition) is 10. The minimum Gasteiger partial charge on any atom is -0.497 e. The molecule has 2 aromatic carbocycles. The van der Waals surface area contributed by atoms with E-state index in [1.165, 1.54) is 41.6 Å². The Morgan fingerprint density at radius 2 is 1.83 bits per heavy atom. The van der Waals surface area contributed by atoms with Gasteiger partial charge in [0.1, 0.15) is 15.7 Å². The highest BCUT2D eigenvalue weighted by atomic mass is 32.2. The molecule has 2 heterocycles. The standard InChI is InChI=1S/C33H45N3O9S3/c1-23-20-36(24(2)22-37)33(38)29-19-26(34-47(39,40)28-14-12-27(43-5)13-15-28)11-16-30(29)45-25(3)9-6-7-17-44-31(23)21-35(4)48(41,42)32-10-8-18-46-32/h8,10-16,18-19,23-25,31,34,37H,6-7,9,17,20-22H2,1-5H3/t23-,24-,25-,31+/m1/s1. The molecule has 15 heteroatoms. The molecule has 0 aliphatic carbocycles. The summed E-state index contributed by atoms with van der Waals surface area (Å²) in [5, 5.41) is 11.9. The van der Waals surface area contributed by atoms with E-state index in [4.69, 9.17) is 14.2 Å². The summed E-state index contributed by atoms with van der Waals surface area (Å²) in [6.07, 6.45) is 1.30. The minimum absolute atomic E-state index is 0.0149. The van der Waals surface area contributed by atoms with Crippen LogP contribution in [0.4, 0.5) is 5.69 Å². The first kappa shape index (κ1) is 37.6. The van der Waals surface area contributed by atoms with E-state index < -0.39 is 38.1 Å². The third kappa shape index (κ3) is 9.27. The maximum Gasteiger partial charge on any atom is 0.261 e. The lowest BCUT2D eigenvalue weighted by atomic mass is 10.0. The molecule has 48 heavy (non-hydrogen) atoms. The van der Waals surface area contributed by atoms with Crippen LogP contribution in [0.5, 0.6) is 11.5 Å². The fourth-order valence-corrected chi connectivity index (χ4v) is 8.77. The number of nitrogens with one attached hydrogen (secondary N) is 1. The van der Waals surface area contributed by atoms with Gasteiger partial charge in [-0.15, -0.1) is 11.3 Å². The van der Waals surface area contributed by atoms with E-state index in [9.17, 15) is 26.7 Å². The normalized spacial score (nSPS) is 20.8. The lowest BCUT2D eigenvalue weighted by Crippen LogP contribution is -2.48. The highest BCUT2D eigenvalue weighted by Crippen LogP contribution is 2.30. The predicted molar refractivity (Wildman–Crippen MR) is 185 cm³/mol. The van der Waals surface area contributed by atoms with Gasteiger partial charge in [-0.3, -0.25) is 9.52 Å². The second-order valence-electron chi connectivity index (χ2n) is 12.0. The van der Waals surface area contributed by atoms with E-state index >= 15 is 0 Å². The number of thiophene rings is 1. The number of benzene rings is 2. The molecular weight excluding hydrogens is 679 g/mol. The molecule has 4 rings (SSSR count). The number of carbonyl (C=O) groups excluding carboxylic acids is 1. The maximum atomic E-state index is 14.4. The number of anilines is 1. The van der Waals surface area contributed by atoms with Crippen molar-refractivity contribution in [3.8, 4) is 11.5 Å².